The molecule has 14 unspecified atom stereocenters. The van der Waals surface area contributed by atoms with Gasteiger partial charge >= 0.3 is 5.97 Å². The molecule has 16 nitrogen and oxygen atoms in total. The van der Waals surface area contributed by atoms with Gasteiger partial charge in [0.1, 0.15) is 48.8 Å². The van der Waals surface area contributed by atoms with Crippen LogP contribution in [0.3, 0.4) is 0 Å². The molecule has 1 aromatic heterocycles. The Morgan fingerprint density at radius 1 is 0.959 bits per heavy atom. The van der Waals surface area contributed by atoms with Crippen LogP contribution in [0.4, 0.5) is 0 Å². The van der Waals surface area contributed by atoms with Crippen LogP contribution < -0.4 is 5.32 Å². The van der Waals surface area contributed by atoms with Crippen molar-refractivity contribution in [3.63, 3.8) is 0 Å². The van der Waals surface area contributed by atoms with Crippen LogP contribution in [0, 0.1) is 11.8 Å². The van der Waals surface area contributed by atoms with Gasteiger partial charge in [0.2, 0.25) is 6.29 Å². The summed E-state index contributed by atoms with van der Waals surface area (Å²) >= 11 is 0. The zero-order chi connectivity index (χ0) is 35.0. The molecule has 0 spiro atoms. The molecule has 0 amide bonds. The Bertz CT molecular complexity index is 1500. The molecular formula is C33H44N2O14. The highest BCUT2D eigenvalue weighted by Crippen LogP contribution is 2.42. The number of carbonyl (C=O) groups excluding carboxylic acids is 1. The number of para-hydroxylation sites is 1. The number of benzene rings is 1. The van der Waals surface area contributed by atoms with Gasteiger partial charge in [-0.3, -0.25) is 0 Å². The number of ether oxygens (including phenoxy) is 6. The fraction of sp³-hybridized carbons (Fsp3) is 0.606. The third kappa shape index (κ3) is 6.89. The smallest absolute Gasteiger partial charge is 0.337 e. The van der Waals surface area contributed by atoms with E-state index in [1.54, 1.807) is 6.08 Å². The third-order valence-corrected chi connectivity index (χ3v) is 9.86. The summed E-state index contributed by atoms with van der Waals surface area (Å²) < 4.78 is 33.7. The largest absolute Gasteiger partial charge is 0.471 e. The quantitative estimate of drug-likeness (QED) is 0.0988. The number of esters is 1. The van der Waals surface area contributed by atoms with Gasteiger partial charge in [0.05, 0.1) is 32.2 Å². The summed E-state index contributed by atoms with van der Waals surface area (Å²) in [5, 5.41) is 76.8. The van der Waals surface area contributed by atoms with E-state index in [4.69, 9.17) is 28.4 Å². The molecule has 4 aliphatic rings. The van der Waals surface area contributed by atoms with Crippen LogP contribution >= 0.6 is 0 Å². The van der Waals surface area contributed by atoms with Crippen molar-refractivity contribution < 1.29 is 69.0 Å². The van der Waals surface area contributed by atoms with Crippen molar-refractivity contribution in [3.05, 3.63) is 60.0 Å². The van der Waals surface area contributed by atoms with Gasteiger partial charge in [-0.15, -0.1) is 6.58 Å². The first kappa shape index (κ1) is 35.8. The maximum Gasteiger partial charge on any atom is 0.337 e. The molecule has 2 fully saturated rings. The average molecular weight is 693 g/mol. The fourth-order valence-corrected chi connectivity index (χ4v) is 7.12. The standard InChI is InChI=1S/C33H44N2O14/c1-3-14-17(10-20-23-16(8-9-34-20)15-6-4-5-7-19(15)35-23)18(30(43)44-2)12-45-31(14)49-33-29(42)27(40)25(38)22(48-33)13-46-32-28(41)26(39)24(37)21(11-36)47-32/h3-7,12,14,17,20-22,24-29,31-42H,1,8-11,13H2,2H3. The number of aliphatic hydroxyl groups excluding tert-OH is 7. The number of aliphatic hydroxyl groups is 7. The van der Waals surface area contributed by atoms with E-state index >= 15 is 0 Å². The number of carbonyl (C=O) groups is 1. The Hall–Kier alpha value is -2.97. The highest BCUT2D eigenvalue weighted by atomic mass is 16.8. The van der Waals surface area contributed by atoms with Crippen molar-refractivity contribution in [3.8, 4) is 0 Å². The lowest BCUT2D eigenvalue weighted by Crippen LogP contribution is -2.62. The lowest BCUT2D eigenvalue weighted by molar-refractivity contribution is -0.352. The summed E-state index contributed by atoms with van der Waals surface area (Å²) in [6, 6.07) is 7.85. The lowest BCUT2D eigenvalue weighted by Gasteiger charge is -2.44. The Morgan fingerprint density at radius 2 is 1.65 bits per heavy atom. The van der Waals surface area contributed by atoms with E-state index < -0.39 is 98.7 Å². The van der Waals surface area contributed by atoms with Gasteiger partial charge in [0.25, 0.3) is 0 Å². The highest BCUT2D eigenvalue weighted by molar-refractivity contribution is 5.89. The van der Waals surface area contributed by atoms with Gasteiger partial charge in [0, 0.05) is 34.5 Å². The minimum absolute atomic E-state index is 0.187. The third-order valence-electron chi connectivity index (χ3n) is 9.86. The molecule has 0 radical (unpaired) electrons. The SMILES string of the molecule is C=CC1C(OC2OC(COC3OC(CO)C(O)C(O)C3O)C(O)C(O)C2O)OC=C(C(=O)OC)C1CC1NCCc2c1[nH]c1ccccc21. The predicted molar refractivity (Wildman–Crippen MR) is 167 cm³/mol. The molecule has 14 atom stereocenters. The number of methoxy groups -OCH3 is 1. The summed E-state index contributed by atoms with van der Waals surface area (Å²) in [5.41, 5.74) is 3.46. The molecule has 4 aliphatic heterocycles. The predicted octanol–water partition coefficient (Wildman–Crippen LogP) is -1.78. The van der Waals surface area contributed by atoms with Crippen LogP contribution in [-0.2, 0) is 39.6 Å². The normalized spacial score (nSPS) is 39.5. The molecule has 1 aromatic carbocycles. The molecule has 2 aromatic rings. The first-order chi connectivity index (χ1) is 23.6. The van der Waals surface area contributed by atoms with Crippen LogP contribution in [0.5, 0.6) is 0 Å². The summed E-state index contributed by atoms with van der Waals surface area (Å²) in [5.74, 6) is -1.82. The number of hydrogen-bond acceptors (Lipinski definition) is 15. The Morgan fingerprint density at radius 3 is 2.37 bits per heavy atom. The van der Waals surface area contributed by atoms with Gasteiger partial charge in [-0.2, -0.15) is 0 Å². The molecular weight excluding hydrogens is 648 g/mol. The van der Waals surface area contributed by atoms with Crippen LogP contribution in [0.15, 0.2) is 48.8 Å². The average Bonchev–Trinajstić information content (AvgIpc) is 3.50. The molecule has 0 aliphatic carbocycles. The van der Waals surface area contributed by atoms with Crippen molar-refractivity contribution in [2.75, 3.05) is 26.9 Å². The molecule has 2 saturated heterocycles. The van der Waals surface area contributed by atoms with E-state index in [1.165, 1.54) is 18.9 Å². The van der Waals surface area contributed by atoms with Crippen molar-refractivity contribution in [2.45, 2.75) is 86.6 Å². The Balaban J connectivity index is 1.19. The number of H-pyrrole nitrogens is 1. The molecule has 270 valence electrons. The molecule has 9 N–H and O–H groups in total. The van der Waals surface area contributed by atoms with E-state index in [0.29, 0.717) is 13.0 Å². The minimum Gasteiger partial charge on any atom is -0.471 e. The number of hydrogen-bond donors (Lipinski definition) is 9. The molecule has 0 saturated carbocycles. The second kappa shape index (κ2) is 15.1. The number of aromatic amines is 1. The second-order valence-corrected chi connectivity index (χ2v) is 12.7. The lowest BCUT2D eigenvalue weighted by atomic mass is 9.78. The van der Waals surface area contributed by atoms with Crippen LogP contribution in [0.25, 0.3) is 10.9 Å². The zero-order valence-corrected chi connectivity index (χ0v) is 26.8. The molecule has 16 heteroatoms. The maximum atomic E-state index is 13.0. The minimum atomic E-state index is -1.77. The highest BCUT2D eigenvalue weighted by Gasteiger charge is 2.50. The van der Waals surface area contributed by atoms with Crippen LogP contribution in [0.1, 0.15) is 23.7 Å². The van der Waals surface area contributed by atoms with Crippen LogP contribution in [0.2, 0.25) is 0 Å². The Kier molecular flexibility index (Phi) is 11.0. The second-order valence-electron chi connectivity index (χ2n) is 12.7. The first-order valence-corrected chi connectivity index (χ1v) is 16.2. The monoisotopic (exact) mass is 692 g/mol. The fourth-order valence-electron chi connectivity index (χ4n) is 7.12. The number of aromatic nitrogens is 1. The van der Waals surface area contributed by atoms with Crippen molar-refractivity contribution in [2.24, 2.45) is 11.8 Å². The molecule has 5 heterocycles. The van der Waals surface area contributed by atoms with E-state index in [2.05, 4.69) is 22.9 Å². The summed E-state index contributed by atoms with van der Waals surface area (Å²) in [6.45, 7) is 3.48. The summed E-state index contributed by atoms with van der Waals surface area (Å²) in [6.07, 6.45) is -13.0. The van der Waals surface area contributed by atoms with E-state index in [1.807, 2.05) is 18.2 Å². The van der Waals surface area contributed by atoms with Crippen LogP contribution in [-0.4, -0.2) is 141 Å². The number of rotatable bonds is 10. The Labute approximate surface area is 281 Å². The summed E-state index contributed by atoms with van der Waals surface area (Å²) in [7, 11) is 1.27. The van der Waals surface area contributed by atoms with E-state index in [9.17, 15) is 40.5 Å². The maximum absolute atomic E-state index is 13.0. The first-order valence-electron chi connectivity index (χ1n) is 16.2. The zero-order valence-electron chi connectivity index (χ0n) is 26.8. The summed E-state index contributed by atoms with van der Waals surface area (Å²) in [4.78, 5) is 16.5. The van der Waals surface area contributed by atoms with Gasteiger partial charge in [-0.25, -0.2) is 4.79 Å². The molecule has 6 rings (SSSR count). The van der Waals surface area contributed by atoms with Gasteiger partial charge in [-0.1, -0.05) is 24.3 Å². The van der Waals surface area contributed by atoms with Gasteiger partial charge in [-0.05, 0) is 31.0 Å². The topological polar surface area (TPSA) is 242 Å². The number of nitrogens with one attached hydrogen (secondary N) is 2. The molecule has 0 bridgehead atoms. The van der Waals surface area contributed by atoms with Crippen molar-refractivity contribution in [1.82, 2.24) is 10.3 Å². The van der Waals surface area contributed by atoms with Gasteiger partial charge < -0.3 is 74.5 Å². The van der Waals surface area contributed by atoms with Crippen molar-refractivity contribution in [1.29, 1.82) is 0 Å². The number of fused-ring (bicyclic) bond motifs is 3. The van der Waals surface area contributed by atoms with E-state index in [0.717, 1.165) is 23.0 Å². The van der Waals surface area contributed by atoms with Gasteiger partial charge in [0.15, 0.2) is 12.6 Å². The van der Waals surface area contributed by atoms with Crippen molar-refractivity contribution >= 4 is 16.9 Å². The van der Waals surface area contributed by atoms with E-state index in [-0.39, 0.29) is 11.6 Å². The molecule has 49 heavy (non-hydrogen) atoms.